The maximum Gasteiger partial charge on any atom is 0.225 e. The third kappa shape index (κ3) is 5.47. The van der Waals surface area contributed by atoms with E-state index in [4.69, 9.17) is 10.00 Å². The van der Waals surface area contributed by atoms with Gasteiger partial charge in [-0.05, 0) is 62.1 Å². The fraction of sp³-hybridized carbons (Fsp3) is 0.435. The molecule has 0 unspecified atom stereocenters. The predicted molar refractivity (Wildman–Crippen MR) is 113 cm³/mol. The fourth-order valence-electron chi connectivity index (χ4n) is 3.73. The van der Waals surface area contributed by atoms with Crippen molar-refractivity contribution in [3.63, 3.8) is 0 Å². The van der Waals surface area contributed by atoms with Gasteiger partial charge in [0, 0.05) is 32.3 Å². The summed E-state index contributed by atoms with van der Waals surface area (Å²) in [6.45, 7) is 6.75. The van der Waals surface area contributed by atoms with Crippen molar-refractivity contribution in [1.82, 2.24) is 9.88 Å². The van der Waals surface area contributed by atoms with Crippen LogP contribution in [-0.4, -0.2) is 49.1 Å². The van der Waals surface area contributed by atoms with E-state index in [1.165, 1.54) is 11.1 Å². The Morgan fingerprint density at radius 3 is 2.52 bits per heavy atom. The number of benzene rings is 1. The molecule has 1 aromatic carbocycles. The van der Waals surface area contributed by atoms with Crippen molar-refractivity contribution in [3.05, 3.63) is 53.2 Å². The minimum Gasteiger partial charge on any atom is -0.492 e. The molecule has 3 rings (SSSR count). The summed E-state index contributed by atoms with van der Waals surface area (Å²) in [5.74, 6) is 1.94. The van der Waals surface area contributed by atoms with Gasteiger partial charge in [-0.1, -0.05) is 6.07 Å². The minimum atomic E-state index is 0.0378. The molecule has 1 aliphatic rings. The van der Waals surface area contributed by atoms with Gasteiger partial charge in [0.25, 0.3) is 0 Å². The van der Waals surface area contributed by atoms with Gasteiger partial charge < -0.3 is 14.5 Å². The molecule has 0 atom stereocenters. The zero-order valence-electron chi connectivity index (χ0n) is 17.4. The smallest absolute Gasteiger partial charge is 0.225 e. The summed E-state index contributed by atoms with van der Waals surface area (Å²) in [5.41, 5.74) is 2.91. The molecule has 29 heavy (non-hydrogen) atoms. The van der Waals surface area contributed by atoms with Gasteiger partial charge in [-0.3, -0.25) is 4.79 Å². The Morgan fingerprint density at radius 1 is 1.24 bits per heavy atom. The number of ether oxygens (including phenoxy) is 1. The molecule has 0 N–H and O–H groups in total. The molecule has 1 amide bonds. The summed E-state index contributed by atoms with van der Waals surface area (Å²) in [6, 6.07) is 11.9. The maximum absolute atomic E-state index is 12.8. The van der Waals surface area contributed by atoms with Crippen molar-refractivity contribution in [1.29, 1.82) is 5.26 Å². The molecule has 0 saturated carbocycles. The maximum atomic E-state index is 12.8. The number of aryl methyl sites for hydroxylation is 2. The lowest BCUT2D eigenvalue weighted by molar-refractivity contribution is -0.135. The highest BCUT2D eigenvalue weighted by Gasteiger charge is 2.27. The first kappa shape index (κ1) is 20.7. The SMILES string of the molecule is Cc1cc(C)cc(OCCN(C)C(=O)C2CCN(c3ccc(C#N)cn3)CC2)c1. The standard InChI is InChI=1S/C23H28N4O2/c1-17-12-18(2)14-21(13-17)29-11-10-26(3)23(28)20-6-8-27(9-7-20)22-5-4-19(15-24)16-25-22/h4-5,12-14,16,20H,6-11H2,1-3H3. The highest BCUT2D eigenvalue weighted by atomic mass is 16.5. The number of anilines is 1. The summed E-state index contributed by atoms with van der Waals surface area (Å²) in [5, 5.41) is 8.88. The molecular weight excluding hydrogens is 364 g/mol. The van der Waals surface area contributed by atoms with Crippen LogP contribution in [0, 0.1) is 31.1 Å². The summed E-state index contributed by atoms with van der Waals surface area (Å²) < 4.78 is 5.84. The molecule has 0 spiro atoms. The Labute approximate surface area is 172 Å². The second-order valence-electron chi connectivity index (χ2n) is 7.71. The van der Waals surface area contributed by atoms with Gasteiger partial charge in [-0.25, -0.2) is 4.98 Å². The van der Waals surface area contributed by atoms with Crippen LogP contribution in [0.4, 0.5) is 5.82 Å². The Morgan fingerprint density at radius 2 is 1.93 bits per heavy atom. The van der Waals surface area contributed by atoms with Gasteiger partial charge in [-0.2, -0.15) is 5.26 Å². The molecule has 152 valence electrons. The van der Waals surface area contributed by atoms with E-state index in [0.717, 1.165) is 37.5 Å². The largest absolute Gasteiger partial charge is 0.492 e. The molecule has 1 aromatic heterocycles. The zero-order valence-corrected chi connectivity index (χ0v) is 17.4. The Hall–Kier alpha value is -3.07. The lowest BCUT2D eigenvalue weighted by atomic mass is 9.95. The van der Waals surface area contributed by atoms with Gasteiger partial charge in [0.05, 0.1) is 12.1 Å². The Bertz CT molecular complexity index is 860. The van der Waals surface area contributed by atoms with E-state index in [1.54, 1.807) is 17.2 Å². The summed E-state index contributed by atoms with van der Waals surface area (Å²) >= 11 is 0. The molecule has 0 radical (unpaired) electrons. The van der Waals surface area contributed by atoms with E-state index < -0.39 is 0 Å². The average Bonchev–Trinajstić information content (AvgIpc) is 2.72. The van der Waals surface area contributed by atoms with Gasteiger partial charge in [0.15, 0.2) is 0 Å². The number of carbonyl (C=O) groups excluding carboxylic acids is 1. The number of rotatable bonds is 6. The van der Waals surface area contributed by atoms with Crippen molar-refractivity contribution in [2.24, 2.45) is 5.92 Å². The Balaban J connectivity index is 1.45. The second kappa shape index (κ2) is 9.42. The minimum absolute atomic E-state index is 0.0378. The molecule has 1 fully saturated rings. The molecule has 0 bridgehead atoms. The fourth-order valence-corrected chi connectivity index (χ4v) is 3.73. The lowest BCUT2D eigenvalue weighted by Crippen LogP contribution is -2.42. The zero-order chi connectivity index (χ0) is 20.8. The number of likely N-dealkylation sites (N-methyl/N-ethyl adjacent to an activating group) is 1. The molecule has 6 nitrogen and oxygen atoms in total. The van der Waals surface area contributed by atoms with E-state index in [9.17, 15) is 4.79 Å². The summed E-state index contributed by atoms with van der Waals surface area (Å²) in [6.07, 6.45) is 3.21. The van der Waals surface area contributed by atoms with Crippen LogP contribution in [0.15, 0.2) is 36.5 Å². The number of nitriles is 1. The van der Waals surface area contributed by atoms with Gasteiger partial charge in [0.2, 0.25) is 5.91 Å². The number of pyridine rings is 1. The topological polar surface area (TPSA) is 69.5 Å². The Kier molecular flexibility index (Phi) is 6.71. The van der Waals surface area contributed by atoms with Crippen molar-refractivity contribution in [2.45, 2.75) is 26.7 Å². The van der Waals surface area contributed by atoms with Crippen LogP contribution in [0.25, 0.3) is 0 Å². The van der Waals surface area contributed by atoms with Crippen LogP contribution in [0.2, 0.25) is 0 Å². The molecular formula is C23H28N4O2. The summed E-state index contributed by atoms with van der Waals surface area (Å²) in [4.78, 5) is 21.1. The van der Waals surface area contributed by atoms with E-state index in [-0.39, 0.29) is 11.8 Å². The lowest BCUT2D eigenvalue weighted by Gasteiger charge is -2.33. The van der Waals surface area contributed by atoms with Crippen molar-refractivity contribution >= 4 is 11.7 Å². The number of hydrogen-bond donors (Lipinski definition) is 0. The number of amides is 1. The number of nitrogens with zero attached hydrogens (tertiary/aromatic N) is 4. The quantitative estimate of drug-likeness (QED) is 0.754. The van der Waals surface area contributed by atoms with Crippen LogP contribution in [-0.2, 0) is 4.79 Å². The first-order chi connectivity index (χ1) is 14.0. The third-order valence-electron chi connectivity index (χ3n) is 5.31. The van der Waals surface area contributed by atoms with Crippen LogP contribution < -0.4 is 9.64 Å². The normalized spacial score (nSPS) is 14.3. The van der Waals surface area contributed by atoms with Crippen LogP contribution >= 0.6 is 0 Å². The van der Waals surface area contributed by atoms with Crippen molar-refractivity contribution < 1.29 is 9.53 Å². The van der Waals surface area contributed by atoms with Crippen LogP contribution in [0.5, 0.6) is 5.75 Å². The number of carbonyl (C=O) groups is 1. The number of aromatic nitrogens is 1. The molecule has 1 saturated heterocycles. The van der Waals surface area contributed by atoms with Gasteiger partial charge in [-0.15, -0.1) is 0 Å². The van der Waals surface area contributed by atoms with E-state index in [0.29, 0.717) is 18.7 Å². The molecule has 6 heteroatoms. The molecule has 0 aliphatic carbocycles. The molecule has 1 aliphatic heterocycles. The molecule has 2 aromatic rings. The number of hydrogen-bond acceptors (Lipinski definition) is 5. The first-order valence-electron chi connectivity index (χ1n) is 10.0. The second-order valence-corrected chi connectivity index (χ2v) is 7.71. The van der Waals surface area contributed by atoms with Gasteiger partial charge >= 0.3 is 0 Å². The van der Waals surface area contributed by atoms with Gasteiger partial charge in [0.1, 0.15) is 24.2 Å². The first-order valence-corrected chi connectivity index (χ1v) is 10.0. The van der Waals surface area contributed by atoms with Crippen LogP contribution in [0.1, 0.15) is 29.5 Å². The van der Waals surface area contributed by atoms with Crippen molar-refractivity contribution in [3.8, 4) is 11.8 Å². The predicted octanol–water partition coefficient (Wildman–Crippen LogP) is 3.32. The molecule has 2 heterocycles. The highest BCUT2D eigenvalue weighted by molar-refractivity contribution is 5.79. The monoisotopic (exact) mass is 392 g/mol. The van der Waals surface area contributed by atoms with E-state index >= 15 is 0 Å². The van der Waals surface area contributed by atoms with E-state index in [1.807, 2.05) is 25.2 Å². The van der Waals surface area contributed by atoms with Crippen LogP contribution in [0.3, 0.4) is 0 Å². The average molecular weight is 393 g/mol. The summed E-state index contributed by atoms with van der Waals surface area (Å²) in [7, 11) is 1.85. The van der Waals surface area contributed by atoms with E-state index in [2.05, 4.69) is 35.9 Å². The highest BCUT2D eigenvalue weighted by Crippen LogP contribution is 2.23. The third-order valence-corrected chi connectivity index (χ3v) is 5.31. The number of piperidine rings is 1. The van der Waals surface area contributed by atoms with Crippen molar-refractivity contribution in [2.75, 3.05) is 38.2 Å².